The summed E-state index contributed by atoms with van der Waals surface area (Å²) < 4.78 is 34.6. The molecule has 0 saturated carbocycles. The predicted molar refractivity (Wildman–Crippen MR) is 143 cm³/mol. The predicted octanol–water partition coefficient (Wildman–Crippen LogP) is 3.84. The number of pyridine rings is 1. The number of hydrogen-bond donors (Lipinski definition) is 3. The Morgan fingerprint density at radius 3 is 2.49 bits per heavy atom. The van der Waals surface area contributed by atoms with E-state index in [0.717, 1.165) is 4.90 Å². The van der Waals surface area contributed by atoms with Gasteiger partial charge >= 0.3 is 12.1 Å². The number of urea groups is 1. The molecule has 0 spiro atoms. The average Bonchev–Trinajstić information content (AvgIpc) is 2.90. The maximum atomic E-state index is 14.7. The summed E-state index contributed by atoms with van der Waals surface area (Å²) in [4.78, 5) is 40.4. The molecule has 4 rings (SSSR count). The summed E-state index contributed by atoms with van der Waals surface area (Å²) in [5, 5.41) is 13.5. The Labute approximate surface area is 226 Å². The molecule has 0 radical (unpaired) electrons. The molecule has 0 bridgehead atoms. The first-order valence-corrected chi connectivity index (χ1v) is 12.8. The van der Waals surface area contributed by atoms with Crippen LogP contribution in [0, 0.1) is 0 Å². The van der Waals surface area contributed by atoms with Crippen LogP contribution in [0.5, 0.6) is 5.88 Å². The van der Waals surface area contributed by atoms with Crippen LogP contribution in [-0.2, 0) is 0 Å². The number of rotatable bonds is 6. The van der Waals surface area contributed by atoms with E-state index < -0.39 is 30.5 Å². The standard InChI is InChI=1S/C19H23F2N7O4.C6H13N/c1-3-32-16-10-23-14(9-24-16)26-17(29)27(2)13-11-28(7-5-19(13,20)21)15-8-12(4-6-22-15)25-18(30)31;1-7-5-3-2-4-6-7/h4,6,8-10,13H,3,5,7,11H2,1-2H3,(H,22,25)(H,30,31)(H,23,26,29);2-6H2,1H3. The summed E-state index contributed by atoms with van der Waals surface area (Å²) in [7, 11) is 3.47. The molecule has 2 aromatic rings. The molecule has 2 fully saturated rings. The number of ether oxygens (including phenoxy) is 1. The zero-order chi connectivity index (χ0) is 28.4. The third kappa shape index (κ3) is 8.87. The largest absolute Gasteiger partial charge is 0.477 e. The van der Waals surface area contributed by atoms with Gasteiger partial charge in [0.2, 0.25) is 5.88 Å². The summed E-state index contributed by atoms with van der Waals surface area (Å²) >= 11 is 0. The number of piperidine rings is 2. The number of halogens is 2. The second-order valence-corrected chi connectivity index (χ2v) is 9.38. The third-order valence-corrected chi connectivity index (χ3v) is 6.44. The van der Waals surface area contributed by atoms with Crippen LogP contribution in [0.25, 0.3) is 0 Å². The van der Waals surface area contributed by atoms with Gasteiger partial charge in [-0.3, -0.25) is 10.6 Å². The molecule has 39 heavy (non-hydrogen) atoms. The average molecular weight is 551 g/mol. The monoisotopic (exact) mass is 550 g/mol. The van der Waals surface area contributed by atoms with Crippen molar-refractivity contribution in [1.82, 2.24) is 24.8 Å². The SMILES string of the molecule is CCOc1cnc(NC(=O)N(C)C2CN(c3cc(NC(=O)O)ccn3)CCC2(F)F)cn1.CN1CCCCC1. The second kappa shape index (κ2) is 13.8. The maximum Gasteiger partial charge on any atom is 0.409 e. The fraction of sp³-hybridized carbons (Fsp3) is 0.560. The molecule has 2 aliphatic rings. The van der Waals surface area contributed by atoms with Crippen LogP contribution < -0.4 is 20.3 Å². The van der Waals surface area contributed by atoms with E-state index in [9.17, 15) is 18.4 Å². The highest BCUT2D eigenvalue weighted by Crippen LogP contribution is 2.33. The molecular formula is C25H36F2N8O4. The third-order valence-electron chi connectivity index (χ3n) is 6.44. The van der Waals surface area contributed by atoms with Gasteiger partial charge in [0.05, 0.1) is 19.0 Å². The van der Waals surface area contributed by atoms with Crippen molar-refractivity contribution in [3.63, 3.8) is 0 Å². The smallest absolute Gasteiger partial charge is 0.409 e. The summed E-state index contributed by atoms with van der Waals surface area (Å²) in [5.41, 5.74) is 0.261. The molecule has 3 amide bonds. The molecule has 14 heteroatoms. The zero-order valence-corrected chi connectivity index (χ0v) is 22.4. The molecule has 4 heterocycles. The molecule has 3 N–H and O–H groups in total. The number of nitrogens with zero attached hydrogens (tertiary/aromatic N) is 6. The molecule has 0 aromatic carbocycles. The first kappa shape index (κ1) is 29.7. The van der Waals surface area contributed by atoms with Crippen LogP contribution in [0.4, 0.5) is 35.7 Å². The van der Waals surface area contributed by atoms with E-state index in [1.165, 1.54) is 70.1 Å². The minimum absolute atomic E-state index is 0.00709. The molecule has 2 aromatic heterocycles. The summed E-state index contributed by atoms with van der Waals surface area (Å²) in [6.45, 7) is 4.62. The lowest BCUT2D eigenvalue weighted by Gasteiger charge is -2.42. The van der Waals surface area contributed by atoms with Crippen molar-refractivity contribution in [1.29, 1.82) is 0 Å². The van der Waals surface area contributed by atoms with Gasteiger partial charge in [0.25, 0.3) is 5.92 Å². The number of aromatic nitrogens is 3. The van der Waals surface area contributed by atoms with E-state index >= 15 is 0 Å². The van der Waals surface area contributed by atoms with Crippen molar-refractivity contribution in [2.45, 2.75) is 44.6 Å². The van der Waals surface area contributed by atoms with Gasteiger partial charge in [-0.15, -0.1) is 0 Å². The lowest BCUT2D eigenvalue weighted by molar-refractivity contribution is -0.0759. The van der Waals surface area contributed by atoms with Gasteiger partial charge in [-0.25, -0.2) is 33.3 Å². The number of likely N-dealkylation sites (N-methyl/N-ethyl adjacent to an activating group) is 1. The van der Waals surface area contributed by atoms with Gasteiger partial charge in [0.15, 0.2) is 5.82 Å². The zero-order valence-electron chi connectivity index (χ0n) is 22.4. The van der Waals surface area contributed by atoms with E-state index in [2.05, 4.69) is 37.5 Å². The Bertz CT molecular complexity index is 1090. The number of carbonyl (C=O) groups is 2. The number of likely N-dealkylation sites (tertiary alicyclic amines) is 1. The Kier molecular flexibility index (Phi) is 10.5. The molecule has 1 atom stereocenters. The second-order valence-electron chi connectivity index (χ2n) is 9.38. The van der Waals surface area contributed by atoms with Gasteiger partial charge in [0, 0.05) is 44.5 Å². The summed E-state index contributed by atoms with van der Waals surface area (Å²) in [6.07, 6.45) is 6.49. The van der Waals surface area contributed by atoms with Crippen LogP contribution in [0.1, 0.15) is 32.6 Å². The Hall–Kier alpha value is -3.81. The highest BCUT2D eigenvalue weighted by Gasteiger charge is 2.48. The van der Waals surface area contributed by atoms with E-state index in [-0.39, 0.29) is 30.5 Å². The number of carbonyl (C=O) groups excluding carboxylic acids is 1. The van der Waals surface area contributed by atoms with E-state index in [0.29, 0.717) is 12.4 Å². The van der Waals surface area contributed by atoms with E-state index in [1.54, 1.807) is 11.8 Å². The van der Waals surface area contributed by atoms with Crippen LogP contribution in [0.3, 0.4) is 0 Å². The number of alkyl halides is 2. The van der Waals surface area contributed by atoms with Gasteiger partial charge in [0.1, 0.15) is 11.9 Å². The van der Waals surface area contributed by atoms with E-state index in [4.69, 9.17) is 9.84 Å². The normalized spacial score (nSPS) is 18.8. The fourth-order valence-corrected chi connectivity index (χ4v) is 4.29. The number of hydrogen-bond acceptors (Lipinski definition) is 8. The fourth-order valence-electron chi connectivity index (χ4n) is 4.29. The van der Waals surface area contributed by atoms with Crippen LogP contribution in [-0.4, -0.2) is 101 Å². The molecular weight excluding hydrogens is 514 g/mol. The van der Waals surface area contributed by atoms with Crippen molar-refractivity contribution in [2.75, 3.05) is 62.4 Å². The Morgan fingerprint density at radius 2 is 1.90 bits per heavy atom. The number of anilines is 3. The van der Waals surface area contributed by atoms with Crippen molar-refractivity contribution in [3.8, 4) is 5.88 Å². The van der Waals surface area contributed by atoms with Crippen molar-refractivity contribution < 1.29 is 28.2 Å². The van der Waals surface area contributed by atoms with Gasteiger partial charge in [-0.05, 0) is 46.0 Å². The Morgan fingerprint density at radius 1 is 1.15 bits per heavy atom. The van der Waals surface area contributed by atoms with Crippen molar-refractivity contribution >= 4 is 29.4 Å². The molecule has 214 valence electrons. The molecule has 1 unspecified atom stereocenters. The molecule has 2 saturated heterocycles. The molecule has 2 aliphatic heterocycles. The minimum atomic E-state index is -3.13. The minimum Gasteiger partial charge on any atom is -0.477 e. The molecule has 0 aliphatic carbocycles. The Balaban J connectivity index is 0.000000520. The number of nitrogens with one attached hydrogen (secondary N) is 2. The summed E-state index contributed by atoms with van der Waals surface area (Å²) in [5.74, 6) is -2.44. The quantitative estimate of drug-likeness (QED) is 0.490. The first-order chi connectivity index (χ1) is 18.6. The number of amides is 3. The maximum absolute atomic E-state index is 14.7. The lowest BCUT2D eigenvalue weighted by atomic mass is 9.99. The highest BCUT2D eigenvalue weighted by atomic mass is 19.3. The van der Waals surface area contributed by atoms with Crippen LogP contribution in [0.15, 0.2) is 30.7 Å². The van der Waals surface area contributed by atoms with Gasteiger partial charge in [-0.2, -0.15) is 0 Å². The molecule has 12 nitrogen and oxygen atoms in total. The topological polar surface area (TPSA) is 136 Å². The lowest BCUT2D eigenvalue weighted by Crippen LogP contribution is -2.60. The van der Waals surface area contributed by atoms with Crippen molar-refractivity contribution in [2.24, 2.45) is 0 Å². The van der Waals surface area contributed by atoms with Gasteiger partial charge < -0.3 is 24.5 Å². The van der Waals surface area contributed by atoms with Gasteiger partial charge in [-0.1, -0.05) is 6.42 Å². The number of carboxylic acid groups (broad SMARTS) is 1. The van der Waals surface area contributed by atoms with Crippen LogP contribution >= 0.6 is 0 Å². The van der Waals surface area contributed by atoms with E-state index in [1.807, 2.05) is 0 Å². The van der Waals surface area contributed by atoms with Crippen LogP contribution in [0.2, 0.25) is 0 Å². The van der Waals surface area contributed by atoms with Crippen molar-refractivity contribution in [3.05, 3.63) is 30.7 Å². The first-order valence-electron chi connectivity index (χ1n) is 12.8. The summed E-state index contributed by atoms with van der Waals surface area (Å²) in [6, 6.07) is 0.670. The highest BCUT2D eigenvalue weighted by molar-refractivity contribution is 5.88.